The van der Waals surface area contributed by atoms with Crippen molar-refractivity contribution >= 4 is 27.4 Å². The van der Waals surface area contributed by atoms with Crippen LogP contribution >= 0.6 is 11.3 Å². The molecule has 19 heavy (non-hydrogen) atoms. The Kier molecular flexibility index (Phi) is 2.96. The maximum atomic E-state index is 12.2. The molecule has 3 rings (SSSR count). The number of hydrogen-bond donors (Lipinski definition) is 1. The number of hydrogen-bond acceptors (Lipinski definition) is 6. The molecule has 0 saturated carbocycles. The molecule has 0 atom stereocenters. The Balaban J connectivity index is 1.95. The maximum absolute atomic E-state index is 12.2. The lowest BCUT2D eigenvalue weighted by Crippen LogP contribution is -2.21. The summed E-state index contributed by atoms with van der Waals surface area (Å²) in [6, 6.07) is 1.79. The van der Waals surface area contributed by atoms with Gasteiger partial charge in [0.2, 0.25) is 0 Å². The van der Waals surface area contributed by atoms with Crippen molar-refractivity contribution in [3.05, 3.63) is 46.2 Å². The highest BCUT2D eigenvalue weighted by Crippen LogP contribution is 2.13. The summed E-state index contributed by atoms with van der Waals surface area (Å²) in [5, 5.41) is 5.41. The van der Waals surface area contributed by atoms with Crippen LogP contribution in [-0.4, -0.2) is 26.6 Å². The molecule has 3 aromatic rings. The molecule has 3 heterocycles. The zero-order valence-electron chi connectivity index (χ0n) is 10.2. The van der Waals surface area contributed by atoms with Gasteiger partial charge in [0.05, 0.1) is 36.3 Å². The number of anilines is 1. The smallest absolute Gasteiger partial charge is 0.262 e. The molecule has 96 valence electrons. The minimum absolute atomic E-state index is 0.0502. The number of nitrogens with zero attached hydrogens (tertiary/aromatic N) is 4. The lowest BCUT2D eigenvalue weighted by atomic mass is 10.4. The first-order valence-corrected chi connectivity index (χ1v) is 6.57. The molecule has 6 nitrogen and oxygen atoms in total. The number of rotatable bonds is 3. The molecular formula is C12H11N5OS. The molecule has 0 radical (unpaired) electrons. The van der Waals surface area contributed by atoms with E-state index in [1.165, 1.54) is 15.9 Å². The summed E-state index contributed by atoms with van der Waals surface area (Å²) in [5.41, 5.74) is 0.670. The van der Waals surface area contributed by atoms with Crippen LogP contribution in [0.4, 0.5) is 5.82 Å². The van der Waals surface area contributed by atoms with Crippen molar-refractivity contribution < 1.29 is 0 Å². The van der Waals surface area contributed by atoms with Crippen molar-refractivity contribution in [3.63, 3.8) is 0 Å². The summed E-state index contributed by atoms with van der Waals surface area (Å²) in [5.74, 6) is 0.697. The van der Waals surface area contributed by atoms with Gasteiger partial charge < -0.3 is 5.32 Å². The first-order chi connectivity index (χ1) is 9.28. The summed E-state index contributed by atoms with van der Waals surface area (Å²) >= 11 is 1.46. The normalized spacial score (nSPS) is 10.8. The first-order valence-electron chi connectivity index (χ1n) is 5.69. The topological polar surface area (TPSA) is 72.7 Å². The zero-order chi connectivity index (χ0) is 13.2. The molecule has 0 aliphatic rings. The quantitative estimate of drug-likeness (QED) is 0.779. The Labute approximate surface area is 112 Å². The largest absolute Gasteiger partial charge is 0.372 e. The van der Waals surface area contributed by atoms with Crippen LogP contribution in [0, 0.1) is 0 Å². The summed E-state index contributed by atoms with van der Waals surface area (Å²) < 4.78 is 1.54. The van der Waals surface area contributed by atoms with Gasteiger partial charge in [-0.05, 0) is 11.4 Å². The molecule has 3 aromatic heterocycles. The van der Waals surface area contributed by atoms with E-state index in [4.69, 9.17) is 0 Å². The van der Waals surface area contributed by atoms with E-state index in [0.29, 0.717) is 17.7 Å². The van der Waals surface area contributed by atoms with Gasteiger partial charge in [0.25, 0.3) is 5.56 Å². The monoisotopic (exact) mass is 273 g/mol. The number of thiophene rings is 1. The standard InChI is InChI=1S/C12H11N5OS/c1-13-10-5-14-8(4-15-10)6-17-7-16-11-9(12(17)18)2-3-19-11/h2-5,7H,6H2,1H3,(H,13,15). The number of fused-ring (bicyclic) bond motifs is 1. The molecule has 7 heteroatoms. The number of nitrogens with one attached hydrogen (secondary N) is 1. The second-order valence-corrected chi connectivity index (χ2v) is 4.85. The van der Waals surface area contributed by atoms with E-state index in [1.807, 2.05) is 5.38 Å². The lowest BCUT2D eigenvalue weighted by molar-refractivity contribution is 0.726. The Bertz CT molecular complexity index is 762. The maximum Gasteiger partial charge on any atom is 0.262 e. The van der Waals surface area contributed by atoms with Gasteiger partial charge in [-0.2, -0.15) is 0 Å². The van der Waals surface area contributed by atoms with E-state index < -0.39 is 0 Å². The van der Waals surface area contributed by atoms with E-state index in [1.54, 1.807) is 31.8 Å². The van der Waals surface area contributed by atoms with Crippen molar-refractivity contribution in [1.82, 2.24) is 19.5 Å². The van der Waals surface area contributed by atoms with Gasteiger partial charge in [0.1, 0.15) is 10.6 Å². The first kappa shape index (κ1) is 11.8. The van der Waals surface area contributed by atoms with Crippen molar-refractivity contribution in [1.29, 1.82) is 0 Å². The fourth-order valence-electron chi connectivity index (χ4n) is 1.75. The second kappa shape index (κ2) is 4.77. The Morgan fingerprint density at radius 1 is 1.32 bits per heavy atom. The highest BCUT2D eigenvalue weighted by atomic mass is 32.1. The van der Waals surface area contributed by atoms with Crippen molar-refractivity contribution in [2.24, 2.45) is 0 Å². The molecule has 0 aliphatic heterocycles. The third-order valence-electron chi connectivity index (χ3n) is 2.74. The molecule has 0 aromatic carbocycles. The van der Waals surface area contributed by atoms with Gasteiger partial charge in [0.15, 0.2) is 0 Å². The predicted molar refractivity (Wildman–Crippen MR) is 74.6 cm³/mol. The van der Waals surface area contributed by atoms with Crippen LogP contribution in [0.25, 0.3) is 10.2 Å². The van der Waals surface area contributed by atoms with E-state index in [0.717, 1.165) is 10.5 Å². The minimum atomic E-state index is -0.0502. The summed E-state index contributed by atoms with van der Waals surface area (Å²) in [7, 11) is 1.78. The van der Waals surface area contributed by atoms with Crippen molar-refractivity contribution in [2.75, 3.05) is 12.4 Å². The van der Waals surface area contributed by atoms with Crippen LogP contribution in [-0.2, 0) is 6.54 Å². The molecule has 0 saturated heterocycles. The number of aromatic nitrogens is 4. The Hall–Kier alpha value is -2.28. The van der Waals surface area contributed by atoms with Crippen molar-refractivity contribution in [2.45, 2.75) is 6.54 Å². The Morgan fingerprint density at radius 3 is 2.95 bits per heavy atom. The summed E-state index contributed by atoms with van der Waals surface area (Å²) in [4.78, 5) is 25.6. The lowest BCUT2D eigenvalue weighted by Gasteiger charge is -2.05. The minimum Gasteiger partial charge on any atom is -0.372 e. The molecule has 0 bridgehead atoms. The molecule has 0 fully saturated rings. The predicted octanol–water partition coefficient (Wildman–Crippen LogP) is 1.34. The SMILES string of the molecule is CNc1cnc(Cn2cnc3sccc3c2=O)cn1. The van der Waals surface area contributed by atoms with Crippen LogP contribution in [0.3, 0.4) is 0 Å². The average Bonchev–Trinajstić information content (AvgIpc) is 2.92. The summed E-state index contributed by atoms with van der Waals surface area (Å²) in [6.07, 6.45) is 4.84. The van der Waals surface area contributed by atoms with Crippen LogP contribution < -0.4 is 10.9 Å². The second-order valence-electron chi connectivity index (χ2n) is 3.96. The van der Waals surface area contributed by atoms with Gasteiger partial charge >= 0.3 is 0 Å². The van der Waals surface area contributed by atoms with Gasteiger partial charge in [-0.3, -0.25) is 14.3 Å². The molecular weight excluding hydrogens is 262 g/mol. The van der Waals surface area contributed by atoms with Crippen LogP contribution in [0.1, 0.15) is 5.69 Å². The average molecular weight is 273 g/mol. The molecule has 0 amide bonds. The third kappa shape index (κ3) is 2.19. The van der Waals surface area contributed by atoms with Crippen molar-refractivity contribution in [3.8, 4) is 0 Å². The summed E-state index contributed by atoms with van der Waals surface area (Å²) in [6.45, 7) is 0.370. The van der Waals surface area contributed by atoms with E-state index >= 15 is 0 Å². The van der Waals surface area contributed by atoms with Crippen LogP contribution in [0.15, 0.2) is 35.0 Å². The highest BCUT2D eigenvalue weighted by molar-refractivity contribution is 7.16. The van der Waals surface area contributed by atoms with Crippen LogP contribution in [0.2, 0.25) is 0 Å². The van der Waals surface area contributed by atoms with E-state index in [9.17, 15) is 4.79 Å². The molecule has 0 spiro atoms. The van der Waals surface area contributed by atoms with E-state index in [2.05, 4.69) is 20.3 Å². The molecule has 0 aliphatic carbocycles. The molecule has 1 N–H and O–H groups in total. The third-order valence-corrected chi connectivity index (χ3v) is 3.56. The zero-order valence-corrected chi connectivity index (χ0v) is 11.0. The fourth-order valence-corrected chi connectivity index (χ4v) is 2.47. The van der Waals surface area contributed by atoms with Gasteiger partial charge in [0, 0.05) is 7.05 Å². The Morgan fingerprint density at radius 2 is 2.21 bits per heavy atom. The van der Waals surface area contributed by atoms with Gasteiger partial charge in [-0.1, -0.05) is 0 Å². The van der Waals surface area contributed by atoms with Gasteiger partial charge in [-0.15, -0.1) is 11.3 Å². The van der Waals surface area contributed by atoms with Gasteiger partial charge in [-0.25, -0.2) is 9.97 Å². The molecule has 0 unspecified atom stereocenters. The fraction of sp³-hybridized carbons (Fsp3) is 0.167. The highest BCUT2D eigenvalue weighted by Gasteiger charge is 2.06. The van der Waals surface area contributed by atoms with Crippen LogP contribution in [0.5, 0.6) is 0 Å². The van der Waals surface area contributed by atoms with E-state index in [-0.39, 0.29) is 5.56 Å².